The molecular weight excluding hydrogens is 324 g/mol. The minimum Gasteiger partial charge on any atom is -0.337 e. The van der Waals surface area contributed by atoms with E-state index in [0.717, 1.165) is 36.3 Å². The molecule has 1 aromatic heterocycles. The molecule has 1 aliphatic heterocycles. The third-order valence-electron chi connectivity index (χ3n) is 4.62. The number of carbonyl (C=O) groups excluding carboxylic acids is 1. The fraction of sp³-hybridized carbons (Fsp3) is 0.444. The zero-order chi connectivity index (χ0) is 17.3. The van der Waals surface area contributed by atoms with E-state index in [9.17, 15) is 4.79 Å². The van der Waals surface area contributed by atoms with Gasteiger partial charge < -0.3 is 10.6 Å². The van der Waals surface area contributed by atoms with Crippen molar-refractivity contribution in [2.75, 3.05) is 13.1 Å². The molecule has 2 heterocycles. The van der Waals surface area contributed by atoms with E-state index in [1.807, 2.05) is 47.7 Å². The van der Waals surface area contributed by atoms with E-state index in [4.69, 9.17) is 17.3 Å². The second-order valence-electron chi connectivity index (χ2n) is 6.45. The Labute approximate surface area is 147 Å². The highest BCUT2D eigenvalue weighted by Crippen LogP contribution is 2.21. The molecule has 1 atom stereocenters. The summed E-state index contributed by atoms with van der Waals surface area (Å²) >= 11 is 6.24. The zero-order valence-electron chi connectivity index (χ0n) is 14.1. The number of likely N-dealkylation sites (tertiary alicyclic amines) is 1. The van der Waals surface area contributed by atoms with Gasteiger partial charge in [-0.3, -0.25) is 9.48 Å². The third-order valence-corrected chi connectivity index (χ3v) is 4.99. The lowest BCUT2D eigenvalue weighted by molar-refractivity contribution is 0.0707. The van der Waals surface area contributed by atoms with Crippen LogP contribution in [-0.4, -0.2) is 39.7 Å². The standard InChI is InChI=1S/C18H23ClN4O/c1-12-17(18(24)22-9-5-7-15(20)11-22)13(2)23(21-12)10-14-6-3-4-8-16(14)19/h3-4,6,8,15H,5,7,9-11,20H2,1-2H3. The van der Waals surface area contributed by atoms with Crippen molar-refractivity contribution in [1.82, 2.24) is 14.7 Å². The van der Waals surface area contributed by atoms with Gasteiger partial charge in [0.15, 0.2) is 0 Å². The highest BCUT2D eigenvalue weighted by Gasteiger charge is 2.27. The smallest absolute Gasteiger partial charge is 0.257 e. The van der Waals surface area contributed by atoms with Gasteiger partial charge >= 0.3 is 0 Å². The number of nitrogens with zero attached hydrogens (tertiary/aromatic N) is 3. The first-order chi connectivity index (χ1) is 11.5. The molecule has 6 heteroatoms. The molecule has 1 unspecified atom stereocenters. The quantitative estimate of drug-likeness (QED) is 0.929. The van der Waals surface area contributed by atoms with E-state index < -0.39 is 0 Å². The summed E-state index contributed by atoms with van der Waals surface area (Å²) in [7, 11) is 0. The van der Waals surface area contributed by atoms with E-state index in [0.29, 0.717) is 23.7 Å². The van der Waals surface area contributed by atoms with E-state index in [-0.39, 0.29) is 11.9 Å². The predicted molar refractivity (Wildman–Crippen MR) is 95.4 cm³/mol. The van der Waals surface area contributed by atoms with Crippen molar-refractivity contribution in [3.05, 3.63) is 51.8 Å². The first kappa shape index (κ1) is 17.0. The third kappa shape index (κ3) is 3.32. The molecule has 2 N–H and O–H groups in total. The molecule has 1 amide bonds. The molecule has 1 saturated heterocycles. The summed E-state index contributed by atoms with van der Waals surface area (Å²) in [6.45, 7) is 5.76. The zero-order valence-corrected chi connectivity index (χ0v) is 14.9. The monoisotopic (exact) mass is 346 g/mol. The second-order valence-corrected chi connectivity index (χ2v) is 6.86. The summed E-state index contributed by atoms with van der Waals surface area (Å²) in [5.41, 5.74) is 9.32. The molecule has 0 aliphatic carbocycles. The minimum absolute atomic E-state index is 0.0329. The van der Waals surface area contributed by atoms with Gasteiger partial charge in [0.25, 0.3) is 5.91 Å². The maximum Gasteiger partial charge on any atom is 0.257 e. The topological polar surface area (TPSA) is 64.2 Å². The second kappa shape index (κ2) is 6.95. The predicted octanol–water partition coefficient (Wildman–Crippen LogP) is 2.76. The van der Waals surface area contributed by atoms with Crippen LogP contribution in [0.1, 0.15) is 40.2 Å². The van der Waals surface area contributed by atoms with Crippen molar-refractivity contribution in [2.24, 2.45) is 5.73 Å². The number of aromatic nitrogens is 2. The SMILES string of the molecule is Cc1nn(Cc2ccccc2Cl)c(C)c1C(=O)N1CCCC(N)C1. The van der Waals surface area contributed by atoms with Crippen molar-refractivity contribution in [2.45, 2.75) is 39.3 Å². The normalized spacial score (nSPS) is 18.0. The molecular formula is C18H23ClN4O. The molecule has 0 bridgehead atoms. The molecule has 5 nitrogen and oxygen atoms in total. The van der Waals surface area contributed by atoms with Crippen LogP contribution in [0.15, 0.2) is 24.3 Å². The Kier molecular flexibility index (Phi) is 4.92. The van der Waals surface area contributed by atoms with Gasteiger partial charge in [-0.15, -0.1) is 0 Å². The molecule has 1 aliphatic rings. The number of amides is 1. The van der Waals surface area contributed by atoms with E-state index >= 15 is 0 Å². The van der Waals surface area contributed by atoms with Crippen LogP contribution >= 0.6 is 11.6 Å². The highest BCUT2D eigenvalue weighted by molar-refractivity contribution is 6.31. The van der Waals surface area contributed by atoms with E-state index in [2.05, 4.69) is 5.10 Å². The van der Waals surface area contributed by atoms with Gasteiger partial charge in [-0.05, 0) is 38.3 Å². The number of nitrogens with two attached hydrogens (primary N) is 1. The van der Waals surface area contributed by atoms with Crippen molar-refractivity contribution < 1.29 is 4.79 Å². The molecule has 24 heavy (non-hydrogen) atoms. The number of aryl methyl sites for hydroxylation is 1. The van der Waals surface area contributed by atoms with Crippen LogP contribution in [-0.2, 0) is 6.54 Å². The van der Waals surface area contributed by atoms with Gasteiger partial charge in [0.2, 0.25) is 0 Å². The largest absolute Gasteiger partial charge is 0.337 e. The van der Waals surface area contributed by atoms with Crippen LogP contribution < -0.4 is 5.73 Å². The Bertz CT molecular complexity index is 755. The molecule has 0 saturated carbocycles. The lowest BCUT2D eigenvalue weighted by Crippen LogP contribution is -2.46. The average molecular weight is 347 g/mol. The summed E-state index contributed by atoms with van der Waals surface area (Å²) in [4.78, 5) is 14.8. The Morgan fingerprint density at radius 1 is 1.38 bits per heavy atom. The molecule has 1 fully saturated rings. The lowest BCUT2D eigenvalue weighted by atomic mass is 10.0. The highest BCUT2D eigenvalue weighted by atomic mass is 35.5. The van der Waals surface area contributed by atoms with Gasteiger partial charge in [0.05, 0.1) is 17.8 Å². The van der Waals surface area contributed by atoms with Gasteiger partial charge in [0, 0.05) is 29.8 Å². The molecule has 128 valence electrons. The van der Waals surface area contributed by atoms with Crippen LogP contribution in [0.5, 0.6) is 0 Å². The average Bonchev–Trinajstić information content (AvgIpc) is 2.83. The fourth-order valence-electron chi connectivity index (χ4n) is 3.30. The van der Waals surface area contributed by atoms with Gasteiger partial charge in [-0.25, -0.2) is 0 Å². The first-order valence-corrected chi connectivity index (χ1v) is 8.67. The van der Waals surface area contributed by atoms with Gasteiger partial charge in [-0.1, -0.05) is 29.8 Å². The number of piperidine rings is 1. The Morgan fingerprint density at radius 2 is 2.12 bits per heavy atom. The van der Waals surface area contributed by atoms with Crippen LogP contribution in [0.3, 0.4) is 0 Å². The number of carbonyl (C=O) groups is 1. The van der Waals surface area contributed by atoms with Crippen molar-refractivity contribution >= 4 is 17.5 Å². The molecule has 1 aromatic carbocycles. The maximum atomic E-state index is 12.9. The maximum absolute atomic E-state index is 12.9. The Morgan fingerprint density at radius 3 is 2.83 bits per heavy atom. The molecule has 2 aromatic rings. The first-order valence-electron chi connectivity index (χ1n) is 8.29. The summed E-state index contributed by atoms with van der Waals surface area (Å²) in [5.74, 6) is 0.0329. The van der Waals surface area contributed by atoms with Crippen molar-refractivity contribution in [3.63, 3.8) is 0 Å². The Hall–Kier alpha value is -1.85. The van der Waals surface area contributed by atoms with Crippen LogP contribution in [0.4, 0.5) is 0 Å². The number of halogens is 1. The van der Waals surface area contributed by atoms with Crippen LogP contribution in [0.2, 0.25) is 5.02 Å². The van der Waals surface area contributed by atoms with Gasteiger partial charge in [-0.2, -0.15) is 5.10 Å². The van der Waals surface area contributed by atoms with E-state index in [1.165, 1.54) is 0 Å². The van der Waals surface area contributed by atoms with Crippen molar-refractivity contribution in [1.29, 1.82) is 0 Å². The van der Waals surface area contributed by atoms with Crippen LogP contribution in [0, 0.1) is 13.8 Å². The van der Waals surface area contributed by atoms with E-state index in [1.54, 1.807) is 0 Å². The number of hydrogen-bond donors (Lipinski definition) is 1. The summed E-state index contributed by atoms with van der Waals surface area (Å²) in [6, 6.07) is 7.77. The van der Waals surface area contributed by atoms with Crippen LogP contribution in [0.25, 0.3) is 0 Å². The molecule has 0 radical (unpaired) electrons. The number of benzene rings is 1. The summed E-state index contributed by atoms with van der Waals surface area (Å²) < 4.78 is 1.85. The van der Waals surface area contributed by atoms with Gasteiger partial charge in [0.1, 0.15) is 0 Å². The molecule has 3 rings (SSSR count). The fourth-order valence-corrected chi connectivity index (χ4v) is 3.50. The summed E-state index contributed by atoms with van der Waals surface area (Å²) in [5, 5.41) is 5.27. The van der Waals surface area contributed by atoms with Crippen molar-refractivity contribution in [3.8, 4) is 0 Å². The summed E-state index contributed by atoms with van der Waals surface area (Å²) in [6.07, 6.45) is 1.94. The lowest BCUT2D eigenvalue weighted by Gasteiger charge is -2.30. The number of rotatable bonds is 3. The molecule has 0 spiro atoms. The Balaban J connectivity index is 1.86. The number of hydrogen-bond acceptors (Lipinski definition) is 3. The minimum atomic E-state index is 0.0329.